The van der Waals surface area contributed by atoms with Crippen LogP contribution in [0.2, 0.25) is 0 Å². The number of hydrogen-bond donors (Lipinski definition) is 1. The molecule has 0 radical (unpaired) electrons. The summed E-state index contributed by atoms with van der Waals surface area (Å²) < 4.78 is 39.9. The Kier molecular flexibility index (Phi) is 4.61. The average molecular weight is 387 g/mol. The van der Waals surface area contributed by atoms with Crippen molar-refractivity contribution in [2.45, 2.75) is 31.9 Å². The molecule has 3 aromatic rings. The van der Waals surface area contributed by atoms with Gasteiger partial charge in [0.2, 0.25) is 0 Å². The highest BCUT2D eigenvalue weighted by atomic mass is 19.4. The lowest BCUT2D eigenvalue weighted by atomic mass is 9.86. The van der Waals surface area contributed by atoms with E-state index in [0.717, 1.165) is 22.5 Å². The third kappa shape index (κ3) is 3.37. The molecule has 1 N–H and O–H groups in total. The first kappa shape index (κ1) is 18.5. The van der Waals surface area contributed by atoms with Crippen LogP contribution >= 0.6 is 0 Å². The zero-order chi connectivity index (χ0) is 19.9. The first-order valence-electron chi connectivity index (χ1n) is 9.24. The van der Waals surface area contributed by atoms with E-state index >= 15 is 0 Å². The number of H-pyrrole nitrogens is 1. The Morgan fingerprint density at radius 2 is 1.86 bits per heavy atom. The molecule has 1 amide bonds. The number of fused-ring (bicyclic) bond motifs is 1. The van der Waals surface area contributed by atoms with Gasteiger partial charge in [-0.15, -0.1) is 0 Å². The number of nitrogens with zero attached hydrogens (tertiary/aromatic N) is 2. The Labute approximate surface area is 160 Å². The lowest BCUT2D eigenvalue weighted by Gasteiger charge is -2.33. The van der Waals surface area contributed by atoms with Crippen molar-refractivity contribution in [3.8, 4) is 0 Å². The predicted octanol–water partition coefficient (Wildman–Crippen LogP) is 4.91. The van der Waals surface area contributed by atoms with E-state index in [1.54, 1.807) is 17.0 Å². The summed E-state index contributed by atoms with van der Waals surface area (Å²) in [6.45, 7) is 2.79. The summed E-state index contributed by atoms with van der Waals surface area (Å²) in [5.41, 5.74) is 1.98. The summed E-state index contributed by atoms with van der Waals surface area (Å²) in [6, 6.07) is 11.5. The van der Waals surface area contributed by atoms with Crippen LogP contribution in [0.4, 0.5) is 13.2 Å². The van der Waals surface area contributed by atoms with Gasteiger partial charge in [0.15, 0.2) is 5.69 Å². The van der Waals surface area contributed by atoms with Gasteiger partial charge in [0.05, 0.1) is 11.1 Å². The maximum atomic E-state index is 13.3. The summed E-state index contributed by atoms with van der Waals surface area (Å²) in [7, 11) is 0. The molecule has 4 nitrogen and oxygen atoms in total. The Balaban J connectivity index is 1.51. The maximum absolute atomic E-state index is 13.3. The van der Waals surface area contributed by atoms with Gasteiger partial charge in [0, 0.05) is 18.5 Å². The SMILES string of the molecule is Cc1ccc2c(C(=O)N3CCC(c4ccccc4C(F)(F)F)CC3)n[nH]c2c1. The largest absolute Gasteiger partial charge is 0.416 e. The molecule has 0 saturated carbocycles. The molecule has 0 bridgehead atoms. The molecule has 0 atom stereocenters. The molecule has 0 unspecified atom stereocenters. The quantitative estimate of drug-likeness (QED) is 0.679. The summed E-state index contributed by atoms with van der Waals surface area (Å²) in [6.07, 6.45) is -3.36. The number of amides is 1. The molecule has 0 spiro atoms. The molecule has 2 aromatic carbocycles. The summed E-state index contributed by atoms with van der Waals surface area (Å²) in [4.78, 5) is 14.6. The number of hydrogen-bond acceptors (Lipinski definition) is 2. The van der Waals surface area contributed by atoms with Crippen LogP contribution < -0.4 is 0 Å². The summed E-state index contributed by atoms with van der Waals surface area (Å²) in [5.74, 6) is -0.391. The van der Waals surface area contributed by atoms with Crippen molar-refractivity contribution in [3.05, 3.63) is 64.8 Å². The lowest BCUT2D eigenvalue weighted by Crippen LogP contribution is -2.38. The second kappa shape index (κ2) is 6.96. The molecular formula is C21H20F3N3O. The minimum Gasteiger partial charge on any atom is -0.337 e. The van der Waals surface area contributed by atoms with E-state index in [0.29, 0.717) is 37.2 Å². The molecule has 1 aliphatic heterocycles. The highest BCUT2D eigenvalue weighted by Gasteiger charge is 2.36. The second-order valence-corrected chi connectivity index (χ2v) is 7.27. The van der Waals surface area contributed by atoms with Crippen molar-refractivity contribution in [2.75, 3.05) is 13.1 Å². The lowest BCUT2D eigenvalue weighted by molar-refractivity contribution is -0.138. The van der Waals surface area contributed by atoms with Crippen molar-refractivity contribution in [1.82, 2.24) is 15.1 Å². The number of aryl methyl sites for hydroxylation is 1. The minimum absolute atomic E-state index is 0.183. The number of benzene rings is 2. The fraction of sp³-hybridized carbons (Fsp3) is 0.333. The molecule has 1 aliphatic rings. The molecule has 2 heterocycles. The summed E-state index contributed by atoms with van der Waals surface area (Å²) in [5, 5.41) is 7.82. The van der Waals surface area contributed by atoms with E-state index in [1.165, 1.54) is 6.07 Å². The van der Waals surface area contributed by atoms with Crippen LogP contribution in [0.5, 0.6) is 0 Å². The van der Waals surface area contributed by atoms with Crippen molar-refractivity contribution in [1.29, 1.82) is 0 Å². The highest BCUT2D eigenvalue weighted by molar-refractivity contribution is 6.04. The Bertz CT molecular complexity index is 1020. The third-order valence-electron chi connectivity index (χ3n) is 5.41. The fourth-order valence-electron chi connectivity index (χ4n) is 3.95. The van der Waals surface area contributed by atoms with Gasteiger partial charge >= 0.3 is 6.18 Å². The van der Waals surface area contributed by atoms with Crippen molar-refractivity contribution >= 4 is 16.8 Å². The maximum Gasteiger partial charge on any atom is 0.416 e. The monoisotopic (exact) mass is 387 g/mol. The Morgan fingerprint density at radius 3 is 2.57 bits per heavy atom. The zero-order valence-electron chi connectivity index (χ0n) is 15.4. The van der Waals surface area contributed by atoms with Crippen LogP contribution in [0, 0.1) is 6.92 Å². The number of nitrogens with one attached hydrogen (secondary N) is 1. The number of alkyl halides is 3. The first-order chi connectivity index (χ1) is 13.3. The van der Waals surface area contributed by atoms with E-state index in [-0.39, 0.29) is 11.8 Å². The topological polar surface area (TPSA) is 49.0 Å². The number of likely N-dealkylation sites (tertiary alicyclic amines) is 1. The van der Waals surface area contributed by atoms with Crippen LogP contribution in [0.1, 0.15) is 45.9 Å². The minimum atomic E-state index is -4.37. The van der Waals surface area contributed by atoms with E-state index < -0.39 is 11.7 Å². The number of carbonyl (C=O) groups is 1. The number of piperidine rings is 1. The Morgan fingerprint density at radius 1 is 1.14 bits per heavy atom. The third-order valence-corrected chi connectivity index (χ3v) is 5.41. The smallest absolute Gasteiger partial charge is 0.337 e. The van der Waals surface area contributed by atoms with Crippen LogP contribution in [-0.4, -0.2) is 34.1 Å². The molecular weight excluding hydrogens is 367 g/mol. The molecule has 146 valence electrons. The summed E-state index contributed by atoms with van der Waals surface area (Å²) >= 11 is 0. The van der Waals surface area contributed by atoms with Crippen LogP contribution in [0.25, 0.3) is 10.9 Å². The van der Waals surface area contributed by atoms with Crippen LogP contribution in [0.3, 0.4) is 0 Å². The van der Waals surface area contributed by atoms with Crippen molar-refractivity contribution in [3.63, 3.8) is 0 Å². The number of aromatic amines is 1. The molecule has 28 heavy (non-hydrogen) atoms. The molecule has 1 fully saturated rings. The van der Waals surface area contributed by atoms with Gasteiger partial charge in [0.25, 0.3) is 5.91 Å². The van der Waals surface area contributed by atoms with E-state index in [1.807, 2.05) is 25.1 Å². The molecule has 1 saturated heterocycles. The van der Waals surface area contributed by atoms with Crippen molar-refractivity contribution in [2.24, 2.45) is 0 Å². The molecule has 7 heteroatoms. The van der Waals surface area contributed by atoms with Gasteiger partial charge in [-0.3, -0.25) is 9.89 Å². The number of halogens is 3. The first-order valence-corrected chi connectivity index (χ1v) is 9.24. The molecule has 4 rings (SSSR count). The Hall–Kier alpha value is -2.83. The fourth-order valence-corrected chi connectivity index (χ4v) is 3.95. The average Bonchev–Trinajstić information content (AvgIpc) is 3.10. The van der Waals surface area contributed by atoms with Crippen molar-refractivity contribution < 1.29 is 18.0 Å². The van der Waals surface area contributed by atoms with Crippen LogP contribution in [-0.2, 0) is 6.18 Å². The van der Waals surface area contributed by atoms with Gasteiger partial charge in [-0.2, -0.15) is 18.3 Å². The van der Waals surface area contributed by atoms with E-state index in [2.05, 4.69) is 10.2 Å². The number of rotatable bonds is 2. The van der Waals surface area contributed by atoms with Gasteiger partial charge in [0.1, 0.15) is 0 Å². The molecule has 1 aromatic heterocycles. The predicted molar refractivity (Wildman–Crippen MR) is 100 cm³/mol. The van der Waals surface area contributed by atoms with Gasteiger partial charge in [-0.25, -0.2) is 0 Å². The number of carbonyl (C=O) groups excluding carboxylic acids is 1. The standard InChI is InChI=1S/C21H20F3N3O/c1-13-6-7-16-18(12-13)25-26-19(16)20(28)27-10-8-14(9-11-27)15-4-2-3-5-17(15)21(22,23)24/h2-7,12,14H,8-11H2,1H3,(H,25,26). The highest BCUT2D eigenvalue weighted by Crippen LogP contribution is 2.38. The van der Waals surface area contributed by atoms with Gasteiger partial charge in [-0.1, -0.05) is 30.3 Å². The zero-order valence-corrected chi connectivity index (χ0v) is 15.4. The normalized spacial score (nSPS) is 15.9. The van der Waals surface area contributed by atoms with E-state index in [4.69, 9.17) is 0 Å². The van der Waals surface area contributed by atoms with E-state index in [9.17, 15) is 18.0 Å². The van der Waals surface area contributed by atoms with Gasteiger partial charge < -0.3 is 4.90 Å². The molecule has 0 aliphatic carbocycles. The van der Waals surface area contributed by atoms with Gasteiger partial charge in [-0.05, 0) is 48.9 Å². The van der Waals surface area contributed by atoms with Crippen LogP contribution in [0.15, 0.2) is 42.5 Å². The second-order valence-electron chi connectivity index (χ2n) is 7.27. The number of aromatic nitrogens is 2.